The van der Waals surface area contributed by atoms with E-state index in [2.05, 4.69) is 27.5 Å². The molecule has 3 heterocycles. The third-order valence-corrected chi connectivity index (χ3v) is 5.71. The molecule has 0 radical (unpaired) electrons. The molecule has 10 nitrogen and oxygen atoms in total. The maximum atomic E-state index is 13.6. The number of rotatable bonds is 5. The van der Waals surface area contributed by atoms with Crippen molar-refractivity contribution in [2.75, 3.05) is 38.1 Å². The van der Waals surface area contributed by atoms with Gasteiger partial charge in [0.2, 0.25) is 5.95 Å². The molecule has 1 aliphatic heterocycles. The highest BCUT2D eigenvalue weighted by atomic mass is 16.2. The number of carbonyl (C=O) groups excluding carboxylic acids is 1. The number of fused-ring (bicyclic) bond motifs is 1. The van der Waals surface area contributed by atoms with Crippen molar-refractivity contribution in [1.29, 1.82) is 0 Å². The Morgan fingerprint density at radius 3 is 2.55 bits per heavy atom. The number of nitrogens with one attached hydrogen (secondary N) is 2. The van der Waals surface area contributed by atoms with E-state index in [4.69, 9.17) is 0 Å². The van der Waals surface area contributed by atoms with Gasteiger partial charge in [-0.3, -0.25) is 13.9 Å². The summed E-state index contributed by atoms with van der Waals surface area (Å²) in [7, 11) is 1.44. The monoisotopic (exact) mass is 449 g/mol. The van der Waals surface area contributed by atoms with E-state index < -0.39 is 17.3 Å². The third-order valence-electron chi connectivity index (χ3n) is 5.71. The number of hydrogen-bond donors (Lipinski definition) is 2. The van der Waals surface area contributed by atoms with Gasteiger partial charge in [-0.25, -0.2) is 9.59 Å². The first kappa shape index (κ1) is 22.4. The van der Waals surface area contributed by atoms with Crippen LogP contribution in [0.15, 0.2) is 39.9 Å². The Morgan fingerprint density at radius 2 is 1.88 bits per heavy atom. The van der Waals surface area contributed by atoms with Crippen LogP contribution in [0.1, 0.15) is 12.5 Å². The SMILES string of the molecule is CC#CCn1c(N2CCNCC2)nc2c1c(=O)n(CCc1ccccc1)c(=O)n2C(=O)NC. The maximum absolute atomic E-state index is 13.6. The van der Waals surface area contributed by atoms with Gasteiger partial charge in [-0.2, -0.15) is 9.55 Å². The van der Waals surface area contributed by atoms with Gasteiger partial charge < -0.3 is 15.5 Å². The number of carbonyl (C=O) groups is 1. The van der Waals surface area contributed by atoms with Crippen LogP contribution in [0.4, 0.5) is 10.7 Å². The minimum absolute atomic E-state index is 0.0479. The molecule has 0 unspecified atom stereocenters. The largest absolute Gasteiger partial charge is 0.341 e. The Kier molecular flexibility index (Phi) is 6.60. The fourth-order valence-electron chi connectivity index (χ4n) is 4.01. The molecule has 1 aliphatic rings. The fourth-order valence-corrected chi connectivity index (χ4v) is 4.01. The van der Waals surface area contributed by atoms with Gasteiger partial charge in [-0.1, -0.05) is 36.3 Å². The first-order chi connectivity index (χ1) is 16.1. The number of imidazole rings is 1. The molecule has 33 heavy (non-hydrogen) atoms. The van der Waals surface area contributed by atoms with E-state index in [1.807, 2.05) is 35.2 Å². The summed E-state index contributed by atoms with van der Waals surface area (Å²) in [6.45, 7) is 5.01. The lowest BCUT2D eigenvalue weighted by Gasteiger charge is -2.28. The van der Waals surface area contributed by atoms with Crippen molar-refractivity contribution in [2.24, 2.45) is 0 Å². The molecule has 1 fully saturated rings. The Morgan fingerprint density at radius 1 is 1.15 bits per heavy atom. The standard InChI is InChI=1S/C23H27N7O3/c1-3-4-13-28-18-19(26-21(28)27-15-11-25-12-16-27)30(22(32)24-2)23(33)29(20(18)31)14-10-17-8-6-5-7-9-17/h5-9,25H,10-16H2,1-2H3,(H,24,32). The molecule has 0 spiro atoms. The van der Waals surface area contributed by atoms with E-state index in [1.165, 1.54) is 7.05 Å². The number of benzene rings is 1. The third kappa shape index (κ3) is 4.27. The highest BCUT2D eigenvalue weighted by Gasteiger charge is 2.26. The Balaban J connectivity index is 1.94. The van der Waals surface area contributed by atoms with Crippen LogP contribution in [0.5, 0.6) is 0 Å². The lowest BCUT2D eigenvalue weighted by Crippen LogP contribution is -2.45. The predicted octanol–water partition coefficient (Wildman–Crippen LogP) is 0.223. The van der Waals surface area contributed by atoms with Crippen molar-refractivity contribution in [3.05, 3.63) is 56.7 Å². The van der Waals surface area contributed by atoms with Crippen LogP contribution >= 0.6 is 0 Å². The van der Waals surface area contributed by atoms with E-state index in [9.17, 15) is 14.4 Å². The molecule has 0 bridgehead atoms. The van der Waals surface area contributed by atoms with Crippen molar-refractivity contribution in [3.8, 4) is 11.8 Å². The topological polar surface area (TPSA) is 106 Å². The van der Waals surface area contributed by atoms with Gasteiger partial charge in [-0.15, -0.1) is 5.92 Å². The summed E-state index contributed by atoms with van der Waals surface area (Å²) in [6, 6.07) is 8.95. The van der Waals surface area contributed by atoms with Crippen LogP contribution in [0.25, 0.3) is 11.2 Å². The summed E-state index contributed by atoms with van der Waals surface area (Å²) >= 11 is 0. The van der Waals surface area contributed by atoms with Crippen molar-refractivity contribution in [1.82, 2.24) is 29.3 Å². The summed E-state index contributed by atoms with van der Waals surface area (Å²) in [4.78, 5) is 46.3. The van der Waals surface area contributed by atoms with Crippen molar-refractivity contribution >= 4 is 23.1 Å². The summed E-state index contributed by atoms with van der Waals surface area (Å²) < 4.78 is 3.78. The van der Waals surface area contributed by atoms with Gasteiger partial charge in [0.15, 0.2) is 11.2 Å². The zero-order valence-electron chi connectivity index (χ0n) is 18.8. The smallest absolute Gasteiger partial charge is 0.340 e. The molecule has 172 valence electrons. The zero-order valence-corrected chi connectivity index (χ0v) is 18.8. The molecule has 1 amide bonds. The molecular formula is C23H27N7O3. The van der Waals surface area contributed by atoms with Gasteiger partial charge in [0, 0.05) is 39.8 Å². The quantitative estimate of drug-likeness (QED) is 0.540. The number of nitrogens with zero attached hydrogens (tertiary/aromatic N) is 5. The second-order valence-electron chi connectivity index (χ2n) is 7.70. The molecule has 0 aliphatic carbocycles. The first-order valence-corrected chi connectivity index (χ1v) is 10.9. The lowest BCUT2D eigenvalue weighted by atomic mass is 10.1. The number of anilines is 1. The van der Waals surface area contributed by atoms with E-state index in [-0.39, 0.29) is 24.3 Å². The molecule has 3 aromatic rings. The zero-order chi connectivity index (χ0) is 23.4. The average molecular weight is 450 g/mol. The number of amides is 1. The Hall–Kier alpha value is -3.84. The van der Waals surface area contributed by atoms with Crippen molar-refractivity contribution in [3.63, 3.8) is 0 Å². The Labute approximate surface area is 190 Å². The number of aryl methyl sites for hydroxylation is 1. The summed E-state index contributed by atoms with van der Waals surface area (Å²) in [5, 5.41) is 5.78. The molecule has 2 aromatic heterocycles. The summed E-state index contributed by atoms with van der Waals surface area (Å²) in [5.41, 5.74) is 0.0512. The fraction of sp³-hybridized carbons (Fsp3) is 0.391. The number of aromatic nitrogens is 4. The molecule has 4 rings (SSSR count). The van der Waals surface area contributed by atoms with Crippen LogP contribution in [-0.4, -0.2) is 57.9 Å². The minimum atomic E-state index is -0.708. The molecule has 10 heteroatoms. The van der Waals surface area contributed by atoms with Crippen LogP contribution in [0.2, 0.25) is 0 Å². The van der Waals surface area contributed by atoms with Crippen LogP contribution in [0, 0.1) is 11.8 Å². The van der Waals surface area contributed by atoms with Gasteiger partial charge >= 0.3 is 11.7 Å². The minimum Gasteiger partial charge on any atom is -0.340 e. The highest BCUT2D eigenvalue weighted by Crippen LogP contribution is 2.20. The summed E-state index contributed by atoms with van der Waals surface area (Å²) in [6.07, 6.45) is 0.475. The van der Waals surface area contributed by atoms with Crippen molar-refractivity contribution < 1.29 is 4.79 Å². The lowest BCUT2D eigenvalue weighted by molar-refractivity contribution is 0.243. The van der Waals surface area contributed by atoms with Crippen LogP contribution in [-0.2, 0) is 19.5 Å². The first-order valence-electron chi connectivity index (χ1n) is 10.9. The second kappa shape index (κ2) is 9.75. The maximum Gasteiger partial charge on any atom is 0.341 e. The molecular weight excluding hydrogens is 422 g/mol. The average Bonchev–Trinajstić information content (AvgIpc) is 3.22. The van der Waals surface area contributed by atoms with E-state index >= 15 is 0 Å². The molecule has 0 atom stereocenters. The van der Waals surface area contributed by atoms with E-state index in [1.54, 1.807) is 11.5 Å². The molecule has 1 aromatic carbocycles. The van der Waals surface area contributed by atoms with Gasteiger partial charge in [-0.05, 0) is 18.9 Å². The van der Waals surface area contributed by atoms with Crippen LogP contribution < -0.4 is 26.8 Å². The predicted molar refractivity (Wildman–Crippen MR) is 127 cm³/mol. The van der Waals surface area contributed by atoms with Gasteiger partial charge in [0.1, 0.15) is 0 Å². The number of hydrogen-bond acceptors (Lipinski definition) is 6. The summed E-state index contributed by atoms with van der Waals surface area (Å²) in [5.74, 6) is 6.39. The molecule has 2 N–H and O–H groups in total. The molecule has 0 saturated carbocycles. The second-order valence-corrected chi connectivity index (χ2v) is 7.70. The molecule has 1 saturated heterocycles. The van der Waals surface area contributed by atoms with Gasteiger partial charge in [0.25, 0.3) is 5.56 Å². The van der Waals surface area contributed by atoms with E-state index in [0.29, 0.717) is 25.5 Å². The van der Waals surface area contributed by atoms with Gasteiger partial charge in [0.05, 0.1) is 6.54 Å². The highest BCUT2D eigenvalue weighted by molar-refractivity contribution is 5.87. The van der Waals surface area contributed by atoms with Crippen LogP contribution in [0.3, 0.4) is 0 Å². The Bertz CT molecular complexity index is 1340. The van der Waals surface area contributed by atoms with Crippen molar-refractivity contribution in [2.45, 2.75) is 26.4 Å². The normalized spacial score (nSPS) is 13.6. The number of piperazine rings is 1. The van der Waals surface area contributed by atoms with E-state index in [0.717, 1.165) is 27.8 Å².